The summed E-state index contributed by atoms with van der Waals surface area (Å²) >= 11 is 0. The van der Waals surface area contributed by atoms with E-state index in [4.69, 9.17) is 5.11 Å². The smallest absolute Gasteiger partial charge is 0.325 e. The first kappa shape index (κ1) is 18.0. The van der Waals surface area contributed by atoms with Crippen LogP contribution in [0.2, 0.25) is 0 Å². The Balaban J connectivity index is 1.64. The maximum absolute atomic E-state index is 12.9. The number of hydrogen-bond acceptors (Lipinski definition) is 4. The van der Waals surface area contributed by atoms with Gasteiger partial charge in [-0.25, -0.2) is 0 Å². The lowest BCUT2D eigenvalue weighted by Crippen LogP contribution is -2.15. The van der Waals surface area contributed by atoms with Gasteiger partial charge in [0.2, 0.25) is 0 Å². The zero-order chi connectivity index (χ0) is 19.5. The Morgan fingerprint density at radius 3 is 2.61 bits per heavy atom. The molecule has 1 fully saturated rings. The molecule has 8 nitrogen and oxygen atoms in total. The molecule has 2 aromatic heterocycles. The van der Waals surface area contributed by atoms with E-state index in [0.29, 0.717) is 17.4 Å². The highest BCUT2D eigenvalue weighted by atomic mass is 16.4. The van der Waals surface area contributed by atoms with Gasteiger partial charge in [-0.15, -0.1) is 0 Å². The number of carbonyl (C=O) groups excluding carboxylic acids is 1. The Kier molecular flexibility index (Phi) is 4.92. The van der Waals surface area contributed by atoms with E-state index in [0.717, 1.165) is 24.1 Å². The third-order valence-electron chi connectivity index (χ3n) is 4.94. The second kappa shape index (κ2) is 7.67. The molecule has 28 heavy (non-hydrogen) atoms. The van der Waals surface area contributed by atoms with Crippen LogP contribution in [-0.4, -0.2) is 36.5 Å². The quantitative estimate of drug-likeness (QED) is 0.685. The largest absolute Gasteiger partial charge is 0.480 e. The van der Waals surface area contributed by atoms with Crippen LogP contribution in [0.5, 0.6) is 0 Å². The molecule has 0 spiro atoms. The molecular weight excluding hydrogens is 358 g/mol. The highest BCUT2D eigenvalue weighted by Gasteiger charge is 2.26. The number of anilines is 1. The molecule has 4 rings (SSSR count). The van der Waals surface area contributed by atoms with Crippen LogP contribution in [0.15, 0.2) is 48.8 Å². The highest BCUT2D eigenvalue weighted by molar-refractivity contribution is 6.07. The molecule has 8 heteroatoms. The van der Waals surface area contributed by atoms with E-state index in [-0.39, 0.29) is 12.5 Å². The van der Waals surface area contributed by atoms with Crippen molar-refractivity contribution in [2.24, 2.45) is 0 Å². The number of nitrogens with one attached hydrogen (secondary N) is 1. The van der Waals surface area contributed by atoms with E-state index in [9.17, 15) is 9.59 Å². The third kappa shape index (κ3) is 3.66. The minimum atomic E-state index is -0.995. The van der Waals surface area contributed by atoms with Crippen molar-refractivity contribution in [1.29, 1.82) is 0 Å². The van der Waals surface area contributed by atoms with Gasteiger partial charge < -0.3 is 10.4 Å². The van der Waals surface area contributed by atoms with Gasteiger partial charge in [-0.3, -0.25) is 19.0 Å². The summed E-state index contributed by atoms with van der Waals surface area (Å²) in [5.41, 5.74) is 2.22. The van der Waals surface area contributed by atoms with E-state index in [1.807, 2.05) is 35.0 Å². The highest BCUT2D eigenvalue weighted by Crippen LogP contribution is 2.34. The van der Waals surface area contributed by atoms with Crippen molar-refractivity contribution in [3.63, 3.8) is 0 Å². The molecule has 2 heterocycles. The number of aromatic nitrogens is 4. The fraction of sp³-hybridized carbons (Fsp3) is 0.300. The number of aliphatic carboxylic acids is 1. The number of carboxylic acid groups (broad SMARTS) is 1. The molecule has 1 aliphatic carbocycles. The number of carbonyl (C=O) groups is 2. The monoisotopic (exact) mass is 379 g/mol. The molecule has 2 N–H and O–H groups in total. The van der Waals surface area contributed by atoms with Gasteiger partial charge in [0.15, 0.2) is 5.82 Å². The molecular formula is C20H21N5O3. The molecule has 1 aliphatic rings. The number of carboxylic acids is 1. The SMILES string of the molecule is O=C(O)Cn1ccc(NC(=O)c2cnn(C3CCCC3)c2-c2ccccc2)n1. The summed E-state index contributed by atoms with van der Waals surface area (Å²) in [5.74, 6) is -1.01. The summed E-state index contributed by atoms with van der Waals surface area (Å²) in [6, 6.07) is 11.6. The minimum Gasteiger partial charge on any atom is -0.480 e. The lowest BCUT2D eigenvalue weighted by atomic mass is 10.1. The first-order chi connectivity index (χ1) is 13.6. The van der Waals surface area contributed by atoms with Crippen molar-refractivity contribution in [2.45, 2.75) is 38.3 Å². The molecule has 0 saturated heterocycles. The fourth-order valence-corrected chi connectivity index (χ4v) is 3.68. The average molecular weight is 379 g/mol. The molecule has 144 valence electrons. The predicted molar refractivity (Wildman–Crippen MR) is 103 cm³/mol. The molecule has 0 radical (unpaired) electrons. The van der Waals surface area contributed by atoms with Gasteiger partial charge in [0.1, 0.15) is 6.54 Å². The van der Waals surface area contributed by atoms with E-state index >= 15 is 0 Å². The Labute approximate surface area is 161 Å². The summed E-state index contributed by atoms with van der Waals surface area (Å²) in [4.78, 5) is 23.7. The van der Waals surface area contributed by atoms with Crippen LogP contribution in [0, 0.1) is 0 Å². The Morgan fingerprint density at radius 1 is 1.14 bits per heavy atom. The van der Waals surface area contributed by atoms with Crippen molar-refractivity contribution in [3.8, 4) is 11.3 Å². The topological polar surface area (TPSA) is 102 Å². The van der Waals surface area contributed by atoms with Gasteiger partial charge in [-0.2, -0.15) is 10.2 Å². The van der Waals surface area contributed by atoms with Gasteiger partial charge >= 0.3 is 5.97 Å². The van der Waals surface area contributed by atoms with Gasteiger partial charge in [0.05, 0.1) is 23.5 Å². The maximum atomic E-state index is 12.9. The molecule has 0 atom stereocenters. The number of amides is 1. The van der Waals surface area contributed by atoms with E-state index < -0.39 is 5.97 Å². The predicted octanol–water partition coefficient (Wildman–Crippen LogP) is 3.20. The molecule has 0 unspecified atom stereocenters. The van der Waals surface area contributed by atoms with E-state index in [2.05, 4.69) is 15.5 Å². The third-order valence-corrected chi connectivity index (χ3v) is 4.94. The molecule has 1 aromatic carbocycles. The Morgan fingerprint density at radius 2 is 1.89 bits per heavy atom. The zero-order valence-corrected chi connectivity index (χ0v) is 15.3. The summed E-state index contributed by atoms with van der Waals surface area (Å²) in [5, 5.41) is 20.2. The first-order valence-corrected chi connectivity index (χ1v) is 9.31. The van der Waals surface area contributed by atoms with Crippen LogP contribution < -0.4 is 5.32 Å². The van der Waals surface area contributed by atoms with Crippen LogP contribution >= 0.6 is 0 Å². The normalized spacial score (nSPS) is 14.3. The second-order valence-corrected chi connectivity index (χ2v) is 6.90. The number of nitrogens with zero attached hydrogens (tertiary/aromatic N) is 4. The Bertz CT molecular complexity index is 986. The number of rotatable bonds is 6. The Hall–Kier alpha value is -3.42. The lowest BCUT2D eigenvalue weighted by Gasteiger charge is -2.15. The van der Waals surface area contributed by atoms with Crippen LogP contribution in [0.4, 0.5) is 5.82 Å². The maximum Gasteiger partial charge on any atom is 0.325 e. The molecule has 0 aliphatic heterocycles. The molecule has 3 aromatic rings. The molecule has 0 bridgehead atoms. The fourth-order valence-electron chi connectivity index (χ4n) is 3.68. The summed E-state index contributed by atoms with van der Waals surface area (Å²) in [6.07, 6.45) is 7.57. The summed E-state index contributed by atoms with van der Waals surface area (Å²) < 4.78 is 3.23. The van der Waals surface area contributed by atoms with Gasteiger partial charge in [-0.05, 0) is 12.8 Å². The number of benzene rings is 1. The standard InChI is InChI=1S/C20H21N5O3/c26-18(27)13-24-11-10-17(23-24)22-20(28)16-12-21-25(15-8-4-5-9-15)19(16)14-6-2-1-3-7-14/h1-3,6-7,10-12,15H,4-5,8-9,13H2,(H,26,27)(H,22,23,28). The minimum absolute atomic E-state index is 0.259. The van der Waals surface area contributed by atoms with Crippen molar-refractivity contribution in [1.82, 2.24) is 19.6 Å². The van der Waals surface area contributed by atoms with Crippen molar-refractivity contribution in [3.05, 3.63) is 54.4 Å². The number of hydrogen-bond donors (Lipinski definition) is 2. The molecule has 1 amide bonds. The van der Waals surface area contributed by atoms with E-state index in [1.54, 1.807) is 12.3 Å². The van der Waals surface area contributed by atoms with Crippen molar-refractivity contribution < 1.29 is 14.7 Å². The van der Waals surface area contributed by atoms with Crippen molar-refractivity contribution in [2.75, 3.05) is 5.32 Å². The van der Waals surface area contributed by atoms with E-state index in [1.165, 1.54) is 23.7 Å². The van der Waals surface area contributed by atoms with Crippen LogP contribution in [0.25, 0.3) is 11.3 Å². The van der Waals surface area contributed by atoms with Gasteiger partial charge in [0, 0.05) is 17.8 Å². The average Bonchev–Trinajstić information content (AvgIpc) is 3.42. The summed E-state index contributed by atoms with van der Waals surface area (Å²) in [7, 11) is 0. The molecule has 1 saturated carbocycles. The van der Waals surface area contributed by atoms with Gasteiger partial charge in [-0.1, -0.05) is 43.2 Å². The lowest BCUT2D eigenvalue weighted by molar-refractivity contribution is -0.137. The van der Waals surface area contributed by atoms with Crippen LogP contribution in [0.1, 0.15) is 42.1 Å². The van der Waals surface area contributed by atoms with Gasteiger partial charge in [0.25, 0.3) is 5.91 Å². The second-order valence-electron chi connectivity index (χ2n) is 6.90. The van der Waals surface area contributed by atoms with Crippen molar-refractivity contribution >= 4 is 17.7 Å². The van der Waals surface area contributed by atoms with Crippen LogP contribution in [0.3, 0.4) is 0 Å². The zero-order valence-electron chi connectivity index (χ0n) is 15.3. The van der Waals surface area contributed by atoms with Crippen LogP contribution in [-0.2, 0) is 11.3 Å². The summed E-state index contributed by atoms with van der Waals surface area (Å²) in [6.45, 7) is -0.259. The first-order valence-electron chi connectivity index (χ1n) is 9.31.